The zero-order chi connectivity index (χ0) is 17.5. The van der Waals surface area contributed by atoms with Gasteiger partial charge < -0.3 is 15.5 Å². The van der Waals surface area contributed by atoms with Crippen LogP contribution >= 0.6 is 0 Å². The molecule has 1 aromatic rings. The van der Waals surface area contributed by atoms with Crippen molar-refractivity contribution < 1.29 is 4.79 Å². The molecule has 2 aliphatic heterocycles. The van der Waals surface area contributed by atoms with Gasteiger partial charge in [0, 0.05) is 6.54 Å². The average molecular weight is 348 g/mol. The van der Waals surface area contributed by atoms with Crippen molar-refractivity contribution in [2.24, 2.45) is 0 Å². The van der Waals surface area contributed by atoms with Gasteiger partial charge in [-0.15, -0.1) is 5.10 Å². The Kier molecular flexibility index (Phi) is 6.81. The highest BCUT2D eigenvalue weighted by atomic mass is 16.2. The molecule has 2 N–H and O–H groups in total. The van der Waals surface area contributed by atoms with Crippen molar-refractivity contribution in [3.8, 4) is 0 Å². The fourth-order valence-electron chi connectivity index (χ4n) is 3.90. The number of hydrogen-bond acceptors (Lipinski definition) is 5. The second-order valence-electron chi connectivity index (χ2n) is 7.31. The minimum atomic E-state index is -0.0893. The van der Waals surface area contributed by atoms with Crippen molar-refractivity contribution in [1.29, 1.82) is 0 Å². The number of piperidine rings is 1. The minimum Gasteiger partial charge on any atom is -0.351 e. The Morgan fingerprint density at radius 2 is 1.92 bits per heavy atom. The zero-order valence-corrected chi connectivity index (χ0v) is 15.5. The molecule has 3 rings (SSSR count). The summed E-state index contributed by atoms with van der Waals surface area (Å²) in [6, 6.07) is 0.360. The van der Waals surface area contributed by atoms with E-state index in [2.05, 4.69) is 25.8 Å². The normalized spacial score (nSPS) is 20.4. The molecule has 3 heterocycles. The Hall–Kier alpha value is -1.47. The number of aromatic nitrogens is 3. The molecule has 7 heteroatoms. The molecule has 2 saturated heterocycles. The number of likely N-dealkylation sites (tertiary alicyclic amines) is 1. The first-order valence-electron chi connectivity index (χ1n) is 9.89. The van der Waals surface area contributed by atoms with Gasteiger partial charge in [0.05, 0.1) is 11.7 Å². The highest BCUT2D eigenvalue weighted by Crippen LogP contribution is 2.20. The van der Waals surface area contributed by atoms with Crippen LogP contribution in [0, 0.1) is 6.92 Å². The Morgan fingerprint density at radius 1 is 1.20 bits per heavy atom. The van der Waals surface area contributed by atoms with E-state index >= 15 is 0 Å². The fraction of sp³-hybridized carbons (Fsp3) is 0.833. The summed E-state index contributed by atoms with van der Waals surface area (Å²) in [5.41, 5.74) is 1.37. The molecule has 0 aromatic carbocycles. The quantitative estimate of drug-likeness (QED) is 0.762. The first-order chi connectivity index (χ1) is 12.3. The van der Waals surface area contributed by atoms with Crippen molar-refractivity contribution in [3.05, 3.63) is 11.4 Å². The topological polar surface area (TPSA) is 75.1 Å². The van der Waals surface area contributed by atoms with E-state index in [4.69, 9.17) is 0 Å². The van der Waals surface area contributed by atoms with Crippen LogP contribution in [-0.2, 0) is 0 Å². The molecule has 2 aliphatic rings. The Labute approximate surface area is 150 Å². The summed E-state index contributed by atoms with van der Waals surface area (Å²) in [5, 5.41) is 14.8. The van der Waals surface area contributed by atoms with Gasteiger partial charge in [0.2, 0.25) is 0 Å². The molecule has 0 unspecified atom stereocenters. The maximum Gasteiger partial charge on any atom is 0.273 e. The van der Waals surface area contributed by atoms with Crippen molar-refractivity contribution in [2.75, 3.05) is 39.3 Å². The maximum atomic E-state index is 12.4. The summed E-state index contributed by atoms with van der Waals surface area (Å²) in [4.78, 5) is 14.9. The van der Waals surface area contributed by atoms with Crippen LogP contribution in [-0.4, -0.2) is 65.1 Å². The summed E-state index contributed by atoms with van der Waals surface area (Å²) in [5.74, 6) is -0.0893. The third-order valence-corrected chi connectivity index (χ3v) is 5.43. The van der Waals surface area contributed by atoms with Gasteiger partial charge >= 0.3 is 0 Å². The van der Waals surface area contributed by atoms with E-state index in [0.717, 1.165) is 44.6 Å². The number of nitrogens with one attached hydrogen (secondary N) is 2. The molecule has 1 amide bonds. The average Bonchev–Trinajstić information content (AvgIpc) is 2.84. The summed E-state index contributed by atoms with van der Waals surface area (Å²) in [6.45, 7) is 8.14. The third-order valence-electron chi connectivity index (χ3n) is 5.43. The summed E-state index contributed by atoms with van der Waals surface area (Å²) in [7, 11) is 0. The van der Waals surface area contributed by atoms with E-state index in [1.54, 1.807) is 0 Å². The van der Waals surface area contributed by atoms with Crippen LogP contribution in [0.25, 0.3) is 0 Å². The first-order valence-corrected chi connectivity index (χ1v) is 9.89. The molecule has 25 heavy (non-hydrogen) atoms. The zero-order valence-electron chi connectivity index (χ0n) is 15.5. The lowest BCUT2D eigenvalue weighted by Gasteiger charge is -2.23. The van der Waals surface area contributed by atoms with Crippen LogP contribution in [0.3, 0.4) is 0 Å². The van der Waals surface area contributed by atoms with Gasteiger partial charge in [-0.25, -0.2) is 4.68 Å². The van der Waals surface area contributed by atoms with Gasteiger partial charge in [-0.3, -0.25) is 4.79 Å². The molecule has 0 saturated carbocycles. The van der Waals surface area contributed by atoms with Crippen LogP contribution < -0.4 is 10.6 Å². The first kappa shape index (κ1) is 18.3. The van der Waals surface area contributed by atoms with Gasteiger partial charge in [0.25, 0.3) is 5.91 Å². The molecular weight excluding hydrogens is 316 g/mol. The predicted octanol–water partition coefficient (Wildman–Crippen LogP) is 1.51. The molecule has 1 aromatic heterocycles. The molecule has 0 bridgehead atoms. The van der Waals surface area contributed by atoms with Gasteiger partial charge in [-0.2, -0.15) is 0 Å². The number of hydrogen-bond donors (Lipinski definition) is 2. The summed E-state index contributed by atoms with van der Waals surface area (Å²) < 4.78 is 1.94. The lowest BCUT2D eigenvalue weighted by Crippen LogP contribution is -2.31. The lowest BCUT2D eigenvalue weighted by atomic mass is 10.1. The van der Waals surface area contributed by atoms with Crippen molar-refractivity contribution in [2.45, 2.75) is 57.9 Å². The molecule has 0 spiro atoms. The van der Waals surface area contributed by atoms with Crippen LogP contribution in [0.4, 0.5) is 0 Å². The second kappa shape index (κ2) is 9.29. The molecule has 140 valence electrons. The van der Waals surface area contributed by atoms with Crippen molar-refractivity contribution >= 4 is 5.91 Å². The van der Waals surface area contributed by atoms with Gasteiger partial charge in [-0.1, -0.05) is 18.1 Å². The van der Waals surface area contributed by atoms with E-state index in [0.29, 0.717) is 18.3 Å². The molecule has 0 aliphatic carbocycles. The number of carbonyl (C=O) groups is 1. The molecule has 2 fully saturated rings. The third kappa shape index (κ3) is 5.01. The van der Waals surface area contributed by atoms with Crippen LogP contribution in [0.2, 0.25) is 0 Å². The minimum absolute atomic E-state index is 0.0893. The molecular formula is C18H32N6O. The maximum absolute atomic E-state index is 12.4. The van der Waals surface area contributed by atoms with Gasteiger partial charge in [-0.05, 0) is 71.8 Å². The molecule has 7 nitrogen and oxygen atoms in total. The van der Waals surface area contributed by atoms with Crippen molar-refractivity contribution in [1.82, 2.24) is 30.5 Å². The number of amides is 1. The van der Waals surface area contributed by atoms with E-state index in [1.807, 2.05) is 11.6 Å². The molecule has 0 atom stereocenters. The Balaban J connectivity index is 1.44. The van der Waals surface area contributed by atoms with Crippen LogP contribution in [0.5, 0.6) is 0 Å². The van der Waals surface area contributed by atoms with Gasteiger partial charge in [0.15, 0.2) is 5.69 Å². The van der Waals surface area contributed by atoms with E-state index < -0.39 is 0 Å². The highest BCUT2D eigenvalue weighted by molar-refractivity contribution is 5.93. The monoisotopic (exact) mass is 348 g/mol. The largest absolute Gasteiger partial charge is 0.351 e. The SMILES string of the molecule is Cc1c(C(=O)NCCCN2CCCCCC2)nnn1C1CCNCC1. The Bertz CT molecular complexity index is 544. The summed E-state index contributed by atoms with van der Waals surface area (Å²) >= 11 is 0. The van der Waals surface area contributed by atoms with E-state index in [9.17, 15) is 4.79 Å². The molecule has 0 radical (unpaired) electrons. The smallest absolute Gasteiger partial charge is 0.273 e. The van der Waals surface area contributed by atoms with Crippen LogP contribution in [0.1, 0.15) is 67.2 Å². The number of nitrogens with zero attached hydrogens (tertiary/aromatic N) is 4. The van der Waals surface area contributed by atoms with Crippen LogP contribution in [0.15, 0.2) is 0 Å². The van der Waals surface area contributed by atoms with E-state index in [1.165, 1.54) is 38.8 Å². The van der Waals surface area contributed by atoms with Crippen molar-refractivity contribution in [3.63, 3.8) is 0 Å². The van der Waals surface area contributed by atoms with E-state index in [-0.39, 0.29) is 5.91 Å². The predicted molar refractivity (Wildman–Crippen MR) is 97.8 cm³/mol. The Morgan fingerprint density at radius 3 is 2.64 bits per heavy atom. The number of rotatable bonds is 6. The lowest BCUT2D eigenvalue weighted by molar-refractivity contribution is 0.0946. The summed E-state index contributed by atoms with van der Waals surface area (Å²) in [6.07, 6.45) is 8.42. The van der Waals surface area contributed by atoms with Gasteiger partial charge in [0.1, 0.15) is 0 Å². The highest BCUT2D eigenvalue weighted by Gasteiger charge is 2.22. The number of carbonyl (C=O) groups excluding carboxylic acids is 1. The second-order valence-corrected chi connectivity index (χ2v) is 7.31. The standard InChI is InChI=1S/C18H32N6O/c1-15-17(21-22-24(15)16-7-10-19-11-8-16)18(25)20-9-6-14-23-12-4-2-3-5-13-23/h16,19H,2-14H2,1H3,(H,20,25). The fourth-order valence-corrected chi connectivity index (χ4v) is 3.90.